The van der Waals surface area contributed by atoms with E-state index >= 15 is 0 Å². The summed E-state index contributed by atoms with van der Waals surface area (Å²) >= 11 is 0. The van der Waals surface area contributed by atoms with Crippen LogP contribution in [0.1, 0.15) is 5.69 Å². The van der Waals surface area contributed by atoms with E-state index in [9.17, 15) is 24.5 Å². The van der Waals surface area contributed by atoms with E-state index in [-0.39, 0.29) is 11.3 Å². The Morgan fingerprint density at radius 2 is 1.80 bits per heavy atom. The number of nitrogens with one attached hydrogen (secondary N) is 1. The van der Waals surface area contributed by atoms with Crippen LogP contribution in [0.25, 0.3) is 11.8 Å². The smallest absolute Gasteiger partial charge is 0.317 e. The zero-order valence-corrected chi connectivity index (χ0v) is 13.0. The number of aromatic nitrogens is 1. The fraction of sp³-hybridized carbons (Fsp3) is 0.0625. The SMILES string of the molecule is CN1C(=O)NC(=O)/C(=C/c2cccn2-c2ccc([N+](=O)[O-])cc2)C1=O. The number of likely N-dealkylation sites (N-methyl/N-ethyl adjacent to an activating group) is 1. The number of hydrogen-bond acceptors (Lipinski definition) is 5. The highest BCUT2D eigenvalue weighted by molar-refractivity contribution is 6.30. The summed E-state index contributed by atoms with van der Waals surface area (Å²) in [6.07, 6.45) is 3.05. The van der Waals surface area contributed by atoms with Crippen LogP contribution >= 0.6 is 0 Å². The van der Waals surface area contributed by atoms with Crippen LogP contribution in [0, 0.1) is 10.1 Å². The fourth-order valence-electron chi connectivity index (χ4n) is 2.38. The molecule has 1 aliphatic heterocycles. The molecule has 3 rings (SSSR count). The zero-order chi connectivity index (χ0) is 18.1. The van der Waals surface area contributed by atoms with Gasteiger partial charge in [-0.25, -0.2) is 4.79 Å². The van der Waals surface area contributed by atoms with E-state index in [4.69, 9.17) is 0 Å². The van der Waals surface area contributed by atoms with Gasteiger partial charge in [0.25, 0.3) is 17.5 Å². The molecule has 25 heavy (non-hydrogen) atoms. The second-order valence-corrected chi connectivity index (χ2v) is 5.26. The Morgan fingerprint density at radius 1 is 1.12 bits per heavy atom. The zero-order valence-electron chi connectivity index (χ0n) is 13.0. The molecule has 126 valence electrons. The number of nitro benzene ring substituents is 1. The molecule has 4 amide bonds. The number of nitrogens with zero attached hydrogens (tertiary/aromatic N) is 3. The molecule has 0 aliphatic carbocycles. The topological polar surface area (TPSA) is 115 Å². The summed E-state index contributed by atoms with van der Waals surface area (Å²) in [5.74, 6) is -1.48. The molecule has 0 bridgehead atoms. The fourth-order valence-corrected chi connectivity index (χ4v) is 2.38. The molecule has 0 spiro atoms. The van der Waals surface area contributed by atoms with Crippen LogP contribution in [0.2, 0.25) is 0 Å². The molecule has 1 aliphatic rings. The van der Waals surface area contributed by atoms with Crippen molar-refractivity contribution in [3.63, 3.8) is 0 Å². The van der Waals surface area contributed by atoms with Crippen molar-refractivity contribution in [1.82, 2.24) is 14.8 Å². The van der Waals surface area contributed by atoms with Gasteiger partial charge >= 0.3 is 6.03 Å². The van der Waals surface area contributed by atoms with E-state index in [1.165, 1.54) is 25.3 Å². The van der Waals surface area contributed by atoms with Gasteiger partial charge in [0.15, 0.2) is 0 Å². The summed E-state index contributed by atoms with van der Waals surface area (Å²) in [5.41, 5.74) is 0.910. The lowest BCUT2D eigenvalue weighted by Gasteiger charge is -2.22. The van der Waals surface area contributed by atoms with Gasteiger partial charge in [0.2, 0.25) is 0 Å². The highest BCUT2D eigenvalue weighted by atomic mass is 16.6. The Morgan fingerprint density at radius 3 is 2.44 bits per heavy atom. The molecule has 1 fully saturated rings. The normalized spacial score (nSPS) is 16.3. The van der Waals surface area contributed by atoms with Crippen molar-refractivity contribution in [3.05, 3.63) is 64.0 Å². The Hall–Kier alpha value is -3.75. The number of barbiturate groups is 1. The summed E-state index contributed by atoms with van der Waals surface area (Å²) in [6.45, 7) is 0. The molecular formula is C16H12N4O5. The van der Waals surface area contributed by atoms with E-state index in [0.717, 1.165) is 4.90 Å². The molecule has 1 saturated heterocycles. The number of urea groups is 1. The van der Waals surface area contributed by atoms with Crippen LogP contribution in [0.5, 0.6) is 0 Å². The first-order chi connectivity index (χ1) is 11.9. The second-order valence-electron chi connectivity index (χ2n) is 5.26. The van der Waals surface area contributed by atoms with E-state index in [0.29, 0.717) is 11.4 Å². The summed E-state index contributed by atoms with van der Waals surface area (Å²) in [6, 6.07) is 8.42. The van der Waals surface area contributed by atoms with Gasteiger partial charge in [0, 0.05) is 36.8 Å². The highest BCUT2D eigenvalue weighted by Crippen LogP contribution is 2.20. The second kappa shape index (κ2) is 6.04. The van der Waals surface area contributed by atoms with Gasteiger partial charge in [-0.2, -0.15) is 0 Å². The number of rotatable bonds is 3. The molecular weight excluding hydrogens is 328 g/mol. The Balaban J connectivity index is 1.99. The Kier molecular flexibility index (Phi) is 3.89. The molecule has 0 saturated carbocycles. The predicted octanol–water partition coefficient (Wildman–Crippen LogP) is 1.48. The summed E-state index contributed by atoms with van der Waals surface area (Å²) < 4.78 is 1.66. The molecule has 1 aromatic carbocycles. The minimum atomic E-state index is -0.780. The molecule has 9 heteroatoms. The average Bonchev–Trinajstić information content (AvgIpc) is 3.05. The van der Waals surface area contributed by atoms with Gasteiger partial charge in [-0.1, -0.05) is 0 Å². The lowest BCUT2D eigenvalue weighted by atomic mass is 10.1. The van der Waals surface area contributed by atoms with Crippen LogP contribution in [0.3, 0.4) is 0 Å². The van der Waals surface area contributed by atoms with E-state index in [1.54, 1.807) is 35.0 Å². The third-order valence-electron chi connectivity index (χ3n) is 3.72. The summed E-state index contributed by atoms with van der Waals surface area (Å²) in [7, 11) is 1.27. The number of imide groups is 2. The number of carbonyl (C=O) groups excluding carboxylic acids is 3. The van der Waals surface area contributed by atoms with Gasteiger partial charge in [0.05, 0.1) is 4.92 Å². The number of hydrogen-bond donors (Lipinski definition) is 1. The number of non-ortho nitro benzene ring substituents is 1. The van der Waals surface area contributed by atoms with Crippen molar-refractivity contribution in [3.8, 4) is 5.69 Å². The maximum absolute atomic E-state index is 12.1. The molecule has 0 atom stereocenters. The quantitative estimate of drug-likeness (QED) is 0.393. The summed E-state index contributed by atoms with van der Waals surface area (Å²) in [4.78, 5) is 46.5. The molecule has 9 nitrogen and oxygen atoms in total. The average molecular weight is 340 g/mol. The molecule has 1 aromatic heterocycles. The van der Waals surface area contributed by atoms with Gasteiger partial charge in [0.1, 0.15) is 5.57 Å². The van der Waals surface area contributed by atoms with Crippen molar-refractivity contribution >= 4 is 29.6 Å². The molecule has 2 heterocycles. The maximum Gasteiger partial charge on any atom is 0.331 e. The lowest BCUT2D eigenvalue weighted by molar-refractivity contribution is -0.384. The minimum Gasteiger partial charge on any atom is -0.317 e. The van der Waals surface area contributed by atoms with Gasteiger partial charge in [-0.05, 0) is 30.3 Å². The van der Waals surface area contributed by atoms with Crippen molar-refractivity contribution in [2.75, 3.05) is 7.05 Å². The van der Waals surface area contributed by atoms with Crippen LogP contribution < -0.4 is 5.32 Å². The van der Waals surface area contributed by atoms with Crippen molar-refractivity contribution < 1.29 is 19.3 Å². The Bertz CT molecular complexity index is 926. The third kappa shape index (κ3) is 2.90. The standard InChI is InChI=1S/C16H12N4O5/c1-18-15(22)13(14(21)17-16(18)23)9-12-3-2-8-19(12)10-4-6-11(7-5-10)20(24)25/h2-9H,1H3,(H,17,21,23)/b13-9-. The summed E-state index contributed by atoms with van der Waals surface area (Å²) in [5, 5.41) is 12.8. The third-order valence-corrected chi connectivity index (χ3v) is 3.72. The largest absolute Gasteiger partial charge is 0.331 e. The van der Waals surface area contributed by atoms with Gasteiger partial charge < -0.3 is 4.57 Å². The number of nitro groups is 1. The van der Waals surface area contributed by atoms with E-state index < -0.39 is 22.8 Å². The van der Waals surface area contributed by atoms with Crippen LogP contribution in [-0.4, -0.2) is 39.3 Å². The highest BCUT2D eigenvalue weighted by Gasteiger charge is 2.33. The maximum atomic E-state index is 12.1. The monoisotopic (exact) mass is 340 g/mol. The molecule has 1 N–H and O–H groups in total. The lowest BCUT2D eigenvalue weighted by Crippen LogP contribution is -2.52. The molecule has 0 radical (unpaired) electrons. The van der Waals surface area contributed by atoms with Crippen molar-refractivity contribution in [1.29, 1.82) is 0 Å². The van der Waals surface area contributed by atoms with Crippen molar-refractivity contribution in [2.45, 2.75) is 0 Å². The predicted molar refractivity (Wildman–Crippen MR) is 86.7 cm³/mol. The molecule has 2 aromatic rings. The Labute approximate surface area is 141 Å². The van der Waals surface area contributed by atoms with E-state index in [1.807, 2.05) is 0 Å². The van der Waals surface area contributed by atoms with Crippen LogP contribution in [-0.2, 0) is 9.59 Å². The first kappa shape index (κ1) is 16.1. The number of carbonyl (C=O) groups is 3. The van der Waals surface area contributed by atoms with Gasteiger partial charge in [-0.3, -0.25) is 29.9 Å². The number of benzene rings is 1. The van der Waals surface area contributed by atoms with Crippen molar-refractivity contribution in [2.24, 2.45) is 0 Å². The molecule has 0 unspecified atom stereocenters. The first-order valence-electron chi connectivity index (χ1n) is 7.16. The van der Waals surface area contributed by atoms with Crippen LogP contribution in [0.15, 0.2) is 48.2 Å². The van der Waals surface area contributed by atoms with E-state index in [2.05, 4.69) is 5.32 Å². The van der Waals surface area contributed by atoms with Gasteiger partial charge in [-0.15, -0.1) is 0 Å². The number of amides is 4. The first-order valence-corrected chi connectivity index (χ1v) is 7.16. The van der Waals surface area contributed by atoms with Crippen LogP contribution in [0.4, 0.5) is 10.5 Å². The minimum absolute atomic E-state index is 0.0437.